The molecule has 0 unspecified atom stereocenters. The second-order valence-corrected chi connectivity index (χ2v) is 5.66. The van der Waals surface area contributed by atoms with Gasteiger partial charge >= 0.3 is 6.03 Å². The molecule has 1 aliphatic heterocycles. The van der Waals surface area contributed by atoms with Crippen molar-refractivity contribution < 1.29 is 19.0 Å². The molecule has 1 heterocycles. The van der Waals surface area contributed by atoms with Gasteiger partial charge < -0.3 is 24.4 Å². The number of nitrogens with one attached hydrogen (secondary N) is 1. The van der Waals surface area contributed by atoms with E-state index in [-0.39, 0.29) is 6.03 Å². The van der Waals surface area contributed by atoms with Crippen molar-refractivity contribution in [2.24, 2.45) is 5.92 Å². The van der Waals surface area contributed by atoms with Crippen molar-refractivity contribution in [2.75, 3.05) is 52.4 Å². The Morgan fingerprint density at radius 3 is 2.74 bits per heavy atom. The van der Waals surface area contributed by atoms with Crippen LogP contribution in [0.15, 0.2) is 24.3 Å². The summed E-state index contributed by atoms with van der Waals surface area (Å²) in [6.45, 7) is 3.52. The van der Waals surface area contributed by atoms with Crippen LogP contribution in [-0.4, -0.2) is 58.1 Å². The van der Waals surface area contributed by atoms with Crippen molar-refractivity contribution in [1.29, 1.82) is 0 Å². The van der Waals surface area contributed by atoms with Crippen LogP contribution in [0.25, 0.3) is 0 Å². The smallest absolute Gasteiger partial charge is 0.321 e. The van der Waals surface area contributed by atoms with E-state index in [1.807, 2.05) is 29.2 Å². The quantitative estimate of drug-likeness (QED) is 0.784. The van der Waals surface area contributed by atoms with Gasteiger partial charge in [0.15, 0.2) is 0 Å². The first-order valence-corrected chi connectivity index (χ1v) is 7.99. The van der Waals surface area contributed by atoms with Gasteiger partial charge in [0.05, 0.1) is 20.3 Å². The van der Waals surface area contributed by atoms with Gasteiger partial charge in [0, 0.05) is 38.6 Å². The molecule has 2 amide bonds. The molecule has 0 bridgehead atoms. The van der Waals surface area contributed by atoms with Crippen LogP contribution in [0.1, 0.15) is 12.8 Å². The first-order valence-electron chi connectivity index (χ1n) is 7.99. The van der Waals surface area contributed by atoms with E-state index in [1.54, 1.807) is 14.2 Å². The van der Waals surface area contributed by atoms with E-state index in [0.717, 1.165) is 44.0 Å². The Hall–Kier alpha value is -1.79. The number of piperidine rings is 1. The zero-order valence-corrected chi connectivity index (χ0v) is 13.9. The zero-order valence-electron chi connectivity index (χ0n) is 13.9. The summed E-state index contributed by atoms with van der Waals surface area (Å²) < 4.78 is 15.7. The second-order valence-electron chi connectivity index (χ2n) is 5.66. The summed E-state index contributed by atoms with van der Waals surface area (Å²) in [7, 11) is 3.28. The van der Waals surface area contributed by atoms with Crippen molar-refractivity contribution >= 4 is 11.7 Å². The van der Waals surface area contributed by atoms with E-state index < -0.39 is 0 Å². The predicted molar refractivity (Wildman–Crippen MR) is 89.0 cm³/mol. The molecule has 0 spiro atoms. The zero-order chi connectivity index (χ0) is 16.5. The Kier molecular flexibility index (Phi) is 7.16. The van der Waals surface area contributed by atoms with Crippen LogP contribution in [0.3, 0.4) is 0 Å². The van der Waals surface area contributed by atoms with Gasteiger partial charge in [0.1, 0.15) is 5.75 Å². The van der Waals surface area contributed by atoms with Crippen LogP contribution in [0.5, 0.6) is 5.75 Å². The van der Waals surface area contributed by atoms with Crippen molar-refractivity contribution in [2.45, 2.75) is 12.8 Å². The van der Waals surface area contributed by atoms with Crippen LogP contribution in [0.4, 0.5) is 10.5 Å². The molecule has 0 aromatic heterocycles. The molecule has 1 fully saturated rings. The predicted octanol–water partition coefficient (Wildman–Crippen LogP) is 2.60. The van der Waals surface area contributed by atoms with Gasteiger partial charge in [-0.25, -0.2) is 4.79 Å². The summed E-state index contributed by atoms with van der Waals surface area (Å²) >= 11 is 0. The largest absolute Gasteiger partial charge is 0.497 e. The van der Waals surface area contributed by atoms with Crippen molar-refractivity contribution in [3.8, 4) is 5.75 Å². The fourth-order valence-corrected chi connectivity index (χ4v) is 2.60. The molecule has 0 saturated carbocycles. The van der Waals surface area contributed by atoms with Crippen LogP contribution >= 0.6 is 0 Å². The lowest BCUT2D eigenvalue weighted by Crippen LogP contribution is -2.41. The Morgan fingerprint density at radius 2 is 2.04 bits per heavy atom. The van der Waals surface area contributed by atoms with Crippen LogP contribution in [0.2, 0.25) is 0 Å². The highest BCUT2D eigenvalue weighted by atomic mass is 16.5. The maximum Gasteiger partial charge on any atom is 0.321 e. The molecular formula is C17H26N2O4. The number of hydrogen-bond donors (Lipinski definition) is 1. The number of amides is 2. The maximum atomic E-state index is 12.3. The Bertz CT molecular complexity index is 487. The van der Waals surface area contributed by atoms with E-state index in [2.05, 4.69) is 5.32 Å². The molecule has 0 aliphatic carbocycles. The topological polar surface area (TPSA) is 60.0 Å². The number of hydrogen-bond acceptors (Lipinski definition) is 4. The van der Waals surface area contributed by atoms with Crippen molar-refractivity contribution in [3.05, 3.63) is 24.3 Å². The molecule has 1 aromatic rings. The summed E-state index contributed by atoms with van der Waals surface area (Å²) in [5.74, 6) is 1.25. The van der Waals surface area contributed by atoms with Crippen molar-refractivity contribution in [3.63, 3.8) is 0 Å². The Balaban J connectivity index is 1.72. The number of urea groups is 1. The lowest BCUT2D eigenvalue weighted by atomic mass is 9.98. The molecule has 1 aliphatic rings. The van der Waals surface area contributed by atoms with Gasteiger partial charge in [-0.05, 0) is 30.9 Å². The number of carbonyl (C=O) groups is 1. The number of anilines is 1. The summed E-state index contributed by atoms with van der Waals surface area (Å²) in [5, 5.41) is 2.92. The number of likely N-dealkylation sites (tertiary alicyclic amines) is 1. The van der Waals surface area contributed by atoms with E-state index in [4.69, 9.17) is 14.2 Å². The Morgan fingerprint density at radius 1 is 1.26 bits per heavy atom. The Labute approximate surface area is 137 Å². The van der Waals surface area contributed by atoms with Crippen LogP contribution in [-0.2, 0) is 9.47 Å². The molecule has 128 valence electrons. The van der Waals surface area contributed by atoms with E-state index in [1.165, 1.54) is 0 Å². The van der Waals surface area contributed by atoms with Gasteiger partial charge in [0.2, 0.25) is 0 Å². The number of ether oxygens (including phenoxy) is 3. The summed E-state index contributed by atoms with van der Waals surface area (Å²) in [6.07, 6.45) is 1.94. The minimum absolute atomic E-state index is 0.0583. The van der Waals surface area contributed by atoms with Gasteiger partial charge in [-0.15, -0.1) is 0 Å². The summed E-state index contributed by atoms with van der Waals surface area (Å²) in [4.78, 5) is 14.2. The minimum atomic E-state index is -0.0583. The number of benzene rings is 1. The average Bonchev–Trinajstić information content (AvgIpc) is 2.59. The molecule has 2 rings (SSSR count). The van der Waals surface area contributed by atoms with Crippen LogP contribution < -0.4 is 10.1 Å². The van der Waals surface area contributed by atoms with E-state index in [0.29, 0.717) is 19.1 Å². The molecule has 6 nitrogen and oxygen atoms in total. The highest BCUT2D eigenvalue weighted by molar-refractivity contribution is 5.89. The van der Waals surface area contributed by atoms with Gasteiger partial charge in [0.25, 0.3) is 0 Å². The molecule has 0 atom stereocenters. The highest BCUT2D eigenvalue weighted by Crippen LogP contribution is 2.20. The summed E-state index contributed by atoms with van der Waals surface area (Å²) in [5.41, 5.74) is 0.749. The van der Waals surface area contributed by atoms with Crippen LogP contribution in [0, 0.1) is 5.92 Å². The maximum absolute atomic E-state index is 12.3. The number of nitrogens with zero attached hydrogens (tertiary/aromatic N) is 1. The minimum Gasteiger partial charge on any atom is -0.497 e. The third kappa shape index (κ3) is 5.73. The SMILES string of the molecule is COCCOCC1CCN(C(=O)Nc2cccc(OC)c2)CC1. The summed E-state index contributed by atoms with van der Waals surface area (Å²) in [6, 6.07) is 7.32. The van der Waals surface area contributed by atoms with Crippen molar-refractivity contribution in [1.82, 2.24) is 4.90 Å². The molecule has 0 radical (unpaired) electrons. The number of carbonyl (C=O) groups excluding carboxylic acids is 1. The lowest BCUT2D eigenvalue weighted by molar-refractivity contribution is 0.0386. The molecular weight excluding hydrogens is 296 g/mol. The second kappa shape index (κ2) is 9.37. The van der Waals surface area contributed by atoms with E-state index in [9.17, 15) is 4.79 Å². The lowest BCUT2D eigenvalue weighted by Gasteiger charge is -2.31. The number of methoxy groups -OCH3 is 2. The molecule has 1 aromatic carbocycles. The molecule has 6 heteroatoms. The standard InChI is InChI=1S/C17H26N2O4/c1-21-10-11-23-13-14-6-8-19(9-7-14)17(20)18-15-4-3-5-16(12-15)22-2/h3-5,12,14H,6-11,13H2,1-2H3,(H,18,20). The number of rotatable bonds is 7. The average molecular weight is 322 g/mol. The molecule has 1 N–H and O–H groups in total. The van der Waals surface area contributed by atoms with E-state index >= 15 is 0 Å². The monoisotopic (exact) mass is 322 g/mol. The van der Waals surface area contributed by atoms with Gasteiger partial charge in [-0.3, -0.25) is 0 Å². The molecule has 1 saturated heterocycles. The first kappa shape index (κ1) is 17.6. The van der Waals surface area contributed by atoms with Gasteiger partial charge in [-0.1, -0.05) is 6.07 Å². The van der Waals surface area contributed by atoms with Gasteiger partial charge in [-0.2, -0.15) is 0 Å². The normalized spacial score (nSPS) is 15.5. The third-order valence-corrected chi connectivity index (χ3v) is 4.01. The fraction of sp³-hybridized carbons (Fsp3) is 0.588. The third-order valence-electron chi connectivity index (χ3n) is 4.01. The highest BCUT2D eigenvalue weighted by Gasteiger charge is 2.22. The first-order chi connectivity index (χ1) is 11.2. The fourth-order valence-electron chi connectivity index (χ4n) is 2.60. The molecule has 23 heavy (non-hydrogen) atoms.